The van der Waals surface area contributed by atoms with E-state index >= 15 is 0 Å². The van der Waals surface area contributed by atoms with E-state index in [1.54, 1.807) is 18.4 Å². The maximum Gasteiger partial charge on any atom is 0.254 e. The standard InChI is InChI=1S/C29H33FN2O2/c30-25-12-7-11-23(17-25)28-21-31(20-27-15-8-16-34-27)18-24(28)19-32(26-13-5-2-6-14-26)29(33)22-9-3-1-4-10-22/h1,3-4,7-12,15-17,24,26,28H,2,5-6,13-14,18-21H2/t24-,28+/m0/s1. The lowest BCUT2D eigenvalue weighted by Crippen LogP contribution is -2.45. The van der Waals surface area contributed by atoms with Gasteiger partial charge in [-0.25, -0.2) is 4.39 Å². The van der Waals surface area contributed by atoms with E-state index < -0.39 is 0 Å². The van der Waals surface area contributed by atoms with Crippen molar-refractivity contribution in [3.63, 3.8) is 0 Å². The van der Waals surface area contributed by atoms with Crippen molar-refractivity contribution in [2.75, 3.05) is 19.6 Å². The van der Waals surface area contributed by atoms with Crippen LogP contribution in [0.25, 0.3) is 0 Å². The highest BCUT2D eigenvalue weighted by molar-refractivity contribution is 5.94. The molecular weight excluding hydrogens is 427 g/mol. The van der Waals surface area contributed by atoms with E-state index in [4.69, 9.17) is 4.42 Å². The molecule has 5 rings (SSSR count). The number of hydrogen-bond acceptors (Lipinski definition) is 3. The first-order valence-corrected chi connectivity index (χ1v) is 12.5. The summed E-state index contributed by atoms with van der Waals surface area (Å²) in [5.74, 6) is 1.25. The summed E-state index contributed by atoms with van der Waals surface area (Å²) in [7, 11) is 0. The molecule has 0 unspecified atom stereocenters. The van der Waals surface area contributed by atoms with Gasteiger partial charge in [0, 0.05) is 37.2 Å². The minimum Gasteiger partial charge on any atom is -0.468 e. The molecule has 1 saturated carbocycles. The molecule has 1 amide bonds. The van der Waals surface area contributed by atoms with Gasteiger partial charge in [-0.1, -0.05) is 49.6 Å². The Kier molecular flexibility index (Phi) is 7.10. The van der Waals surface area contributed by atoms with Crippen LogP contribution in [-0.2, 0) is 6.54 Å². The van der Waals surface area contributed by atoms with Crippen LogP contribution in [0.1, 0.15) is 59.7 Å². The van der Waals surface area contributed by atoms with Crippen molar-refractivity contribution in [1.29, 1.82) is 0 Å². The van der Waals surface area contributed by atoms with Crippen LogP contribution in [0.3, 0.4) is 0 Å². The van der Waals surface area contributed by atoms with Crippen LogP contribution < -0.4 is 0 Å². The lowest BCUT2D eigenvalue weighted by atomic mass is 9.86. The fraction of sp³-hybridized carbons (Fsp3) is 0.414. The second-order valence-corrected chi connectivity index (χ2v) is 9.81. The van der Waals surface area contributed by atoms with Crippen molar-refractivity contribution in [1.82, 2.24) is 9.80 Å². The van der Waals surface area contributed by atoms with E-state index in [2.05, 4.69) is 9.80 Å². The first kappa shape index (κ1) is 22.9. The number of hydrogen-bond donors (Lipinski definition) is 0. The van der Waals surface area contributed by atoms with E-state index in [0.717, 1.165) is 49.4 Å². The van der Waals surface area contributed by atoms with Crippen LogP contribution in [0, 0.1) is 11.7 Å². The van der Waals surface area contributed by atoms with Gasteiger partial charge in [0.05, 0.1) is 12.8 Å². The average Bonchev–Trinajstić information content (AvgIpc) is 3.53. The Balaban J connectivity index is 1.42. The summed E-state index contributed by atoms with van der Waals surface area (Å²) >= 11 is 0. The van der Waals surface area contributed by atoms with Crippen LogP contribution in [0.5, 0.6) is 0 Å². The number of rotatable bonds is 7. The fourth-order valence-electron chi connectivity index (χ4n) is 5.80. The Morgan fingerprint density at radius 3 is 2.53 bits per heavy atom. The molecular formula is C29H33FN2O2. The maximum absolute atomic E-state index is 14.2. The molecule has 0 spiro atoms. The van der Waals surface area contributed by atoms with Gasteiger partial charge in [-0.3, -0.25) is 9.69 Å². The summed E-state index contributed by atoms with van der Waals surface area (Å²) in [4.78, 5) is 18.2. The third-order valence-electron chi connectivity index (χ3n) is 7.48. The highest BCUT2D eigenvalue weighted by Gasteiger charge is 2.38. The molecule has 1 saturated heterocycles. The number of halogens is 1. The van der Waals surface area contributed by atoms with E-state index in [-0.39, 0.29) is 29.6 Å². The molecule has 0 N–H and O–H groups in total. The van der Waals surface area contributed by atoms with Gasteiger partial charge in [0.1, 0.15) is 11.6 Å². The molecule has 2 aliphatic rings. The van der Waals surface area contributed by atoms with Gasteiger partial charge in [0.2, 0.25) is 0 Å². The van der Waals surface area contributed by atoms with Crippen molar-refractivity contribution in [3.05, 3.63) is 95.7 Å². The number of amides is 1. The predicted octanol–water partition coefficient (Wildman–Crippen LogP) is 6.11. The van der Waals surface area contributed by atoms with E-state index in [9.17, 15) is 9.18 Å². The van der Waals surface area contributed by atoms with Crippen LogP contribution in [0.2, 0.25) is 0 Å². The zero-order chi connectivity index (χ0) is 23.3. The Bertz CT molecular complexity index is 1060. The van der Waals surface area contributed by atoms with Crippen molar-refractivity contribution in [2.45, 2.75) is 50.6 Å². The third-order valence-corrected chi connectivity index (χ3v) is 7.48. The van der Waals surface area contributed by atoms with Gasteiger partial charge in [-0.2, -0.15) is 0 Å². The summed E-state index contributed by atoms with van der Waals surface area (Å²) < 4.78 is 19.8. The monoisotopic (exact) mass is 460 g/mol. The Morgan fingerprint density at radius 2 is 1.79 bits per heavy atom. The molecule has 1 aromatic heterocycles. The number of carbonyl (C=O) groups excluding carboxylic acids is 1. The van der Waals surface area contributed by atoms with Gasteiger partial charge in [0.15, 0.2) is 0 Å². The molecule has 2 aromatic carbocycles. The largest absolute Gasteiger partial charge is 0.468 e. The van der Waals surface area contributed by atoms with Gasteiger partial charge in [-0.05, 0) is 60.7 Å². The van der Waals surface area contributed by atoms with Gasteiger partial charge >= 0.3 is 0 Å². The smallest absolute Gasteiger partial charge is 0.254 e. The number of benzene rings is 2. The number of nitrogens with zero attached hydrogens (tertiary/aromatic N) is 2. The molecule has 0 bridgehead atoms. The molecule has 4 nitrogen and oxygen atoms in total. The molecule has 1 aliphatic heterocycles. The zero-order valence-electron chi connectivity index (χ0n) is 19.6. The van der Waals surface area contributed by atoms with Gasteiger partial charge in [-0.15, -0.1) is 0 Å². The number of carbonyl (C=O) groups is 1. The second kappa shape index (κ2) is 10.6. The van der Waals surface area contributed by atoms with Crippen LogP contribution in [0.15, 0.2) is 77.4 Å². The summed E-state index contributed by atoms with van der Waals surface area (Å²) in [6, 6.07) is 20.8. The van der Waals surface area contributed by atoms with Crippen molar-refractivity contribution >= 4 is 5.91 Å². The maximum atomic E-state index is 14.2. The van der Waals surface area contributed by atoms with Crippen LogP contribution in [0.4, 0.5) is 4.39 Å². The summed E-state index contributed by atoms with van der Waals surface area (Å²) in [5.41, 5.74) is 1.77. The van der Waals surface area contributed by atoms with E-state index in [1.165, 1.54) is 25.3 Å². The van der Waals surface area contributed by atoms with Gasteiger partial charge in [0.25, 0.3) is 5.91 Å². The summed E-state index contributed by atoms with van der Waals surface area (Å²) in [5, 5.41) is 0. The normalized spacial score (nSPS) is 21.6. The summed E-state index contributed by atoms with van der Waals surface area (Å²) in [6.07, 6.45) is 7.42. The molecule has 3 aromatic rings. The minimum atomic E-state index is -0.203. The lowest BCUT2D eigenvalue weighted by molar-refractivity contribution is 0.0587. The molecule has 2 atom stereocenters. The second-order valence-electron chi connectivity index (χ2n) is 9.81. The van der Waals surface area contributed by atoms with Crippen molar-refractivity contribution < 1.29 is 13.6 Å². The zero-order valence-corrected chi connectivity index (χ0v) is 19.6. The van der Waals surface area contributed by atoms with Crippen molar-refractivity contribution in [2.24, 2.45) is 5.92 Å². The Hall–Kier alpha value is -2.92. The summed E-state index contributed by atoms with van der Waals surface area (Å²) in [6.45, 7) is 3.10. The highest BCUT2D eigenvalue weighted by atomic mass is 19.1. The molecule has 1 aliphatic carbocycles. The molecule has 0 radical (unpaired) electrons. The van der Waals surface area contributed by atoms with Crippen LogP contribution >= 0.6 is 0 Å². The minimum absolute atomic E-state index is 0.120. The van der Waals surface area contributed by atoms with E-state index in [0.29, 0.717) is 6.54 Å². The number of likely N-dealkylation sites (tertiary alicyclic amines) is 1. The van der Waals surface area contributed by atoms with Crippen LogP contribution in [-0.4, -0.2) is 41.4 Å². The van der Waals surface area contributed by atoms with Crippen molar-refractivity contribution in [3.8, 4) is 0 Å². The quantitative estimate of drug-likeness (QED) is 0.427. The predicted molar refractivity (Wildman–Crippen MR) is 131 cm³/mol. The topological polar surface area (TPSA) is 36.7 Å². The van der Waals surface area contributed by atoms with E-state index in [1.807, 2.05) is 48.5 Å². The average molecular weight is 461 g/mol. The lowest BCUT2D eigenvalue weighted by Gasteiger charge is -2.37. The molecule has 2 fully saturated rings. The highest BCUT2D eigenvalue weighted by Crippen LogP contribution is 2.36. The number of furan rings is 1. The molecule has 178 valence electrons. The molecule has 5 heteroatoms. The third kappa shape index (κ3) is 5.25. The molecule has 2 heterocycles. The van der Waals surface area contributed by atoms with Gasteiger partial charge < -0.3 is 9.32 Å². The Labute approximate surface area is 201 Å². The molecule has 34 heavy (non-hydrogen) atoms. The SMILES string of the molecule is O=C(c1ccccc1)N(C[C@@H]1CN(Cc2ccco2)C[C@@H]1c1cccc(F)c1)C1CCCCC1. The fourth-order valence-corrected chi connectivity index (χ4v) is 5.80. The Morgan fingerprint density at radius 1 is 0.971 bits per heavy atom. The first-order valence-electron chi connectivity index (χ1n) is 12.5. The first-order chi connectivity index (χ1) is 16.7.